The normalized spacial score (nSPS) is 10.0. The zero-order valence-electron chi connectivity index (χ0n) is 7.47. The number of anilines is 1. The molecule has 0 radical (unpaired) electrons. The van der Waals surface area contributed by atoms with Crippen LogP contribution in [0, 0.1) is 5.82 Å². The summed E-state index contributed by atoms with van der Waals surface area (Å²) in [6.07, 6.45) is 0. The summed E-state index contributed by atoms with van der Waals surface area (Å²) in [5.74, 6) is -0.966. The van der Waals surface area contributed by atoms with Gasteiger partial charge in [-0.05, 0) is 12.1 Å². The van der Waals surface area contributed by atoms with Gasteiger partial charge in [0.1, 0.15) is 0 Å². The second kappa shape index (κ2) is 4.52. The lowest BCUT2D eigenvalue weighted by molar-refractivity contribution is -0.114. The minimum absolute atomic E-state index is 0.0738. The van der Waals surface area contributed by atoms with Crippen LogP contribution in [-0.2, 0) is 11.4 Å². The van der Waals surface area contributed by atoms with Gasteiger partial charge in [-0.3, -0.25) is 4.79 Å². The van der Waals surface area contributed by atoms with Crippen molar-refractivity contribution in [1.82, 2.24) is 0 Å². The van der Waals surface area contributed by atoms with Crippen molar-refractivity contribution >= 4 is 27.5 Å². The van der Waals surface area contributed by atoms with Crippen LogP contribution in [0.25, 0.3) is 0 Å². The highest BCUT2D eigenvalue weighted by Crippen LogP contribution is 2.25. The molecule has 1 amide bonds. The van der Waals surface area contributed by atoms with Gasteiger partial charge in [0, 0.05) is 17.0 Å². The molecule has 1 aromatic carbocycles. The fraction of sp³-hybridized carbons (Fsp3) is 0.222. The van der Waals surface area contributed by atoms with E-state index in [1.807, 2.05) is 0 Å². The van der Waals surface area contributed by atoms with E-state index in [2.05, 4.69) is 21.2 Å². The number of aliphatic hydroxyl groups is 1. The van der Waals surface area contributed by atoms with Gasteiger partial charge < -0.3 is 10.4 Å². The SMILES string of the molecule is CC(=O)Nc1ccc(Br)c(CO)c1F. The molecule has 5 heteroatoms. The lowest BCUT2D eigenvalue weighted by atomic mass is 10.2. The third-order valence-electron chi connectivity index (χ3n) is 1.65. The molecule has 0 saturated carbocycles. The summed E-state index contributed by atoms with van der Waals surface area (Å²) in [5.41, 5.74) is 0.209. The molecule has 0 bridgehead atoms. The van der Waals surface area contributed by atoms with Crippen molar-refractivity contribution < 1.29 is 14.3 Å². The Morgan fingerprint density at radius 2 is 2.29 bits per heavy atom. The van der Waals surface area contributed by atoms with Crippen LogP contribution in [0.3, 0.4) is 0 Å². The Kier molecular flexibility index (Phi) is 3.60. The lowest BCUT2D eigenvalue weighted by Crippen LogP contribution is -2.09. The van der Waals surface area contributed by atoms with E-state index in [0.717, 1.165) is 0 Å². The van der Waals surface area contributed by atoms with Crippen LogP contribution < -0.4 is 5.32 Å². The lowest BCUT2D eigenvalue weighted by Gasteiger charge is -2.08. The molecule has 1 rings (SSSR count). The number of halogens is 2. The van der Waals surface area contributed by atoms with Crippen LogP contribution in [0.1, 0.15) is 12.5 Å². The maximum absolute atomic E-state index is 13.5. The minimum atomic E-state index is -0.614. The molecule has 2 N–H and O–H groups in total. The molecule has 0 aliphatic carbocycles. The van der Waals surface area contributed by atoms with E-state index in [9.17, 15) is 9.18 Å². The largest absolute Gasteiger partial charge is 0.392 e. The summed E-state index contributed by atoms with van der Waals surface area (Å²) in [6.45, 7) is 0.875. The Hall–Kier alpha value is -0.940. The molecule has 0 aliphatic heterocycles. The average Bonchev–Trinajstić information content (AvgIpc) is 2.10. The molecule has 0 fully saturated rings. The van der Waals surface area contributed by atoms with Crippen molar-refractivity contribution in [3.05, 3.63) is 28.0 Å². The highest BCUT2D eigenvalue weighted by atomic mass is 79.9. The fourth-order valence-electron chi connectivity index (χ4n) is 1.03. The molecule has 14 heavy (non-hydrogen) atoms. The van der Waals surface area contributed by atoms with E-state index >= 15 is 0 Å². The molecule has 0 heterocycles. The predicted octanol–water partition coefficient (Wildman–Crippen LogP) is 2.04. The first-order valence-corrected chi connectivity index (χ1v) is 4.71. The smallest absolute Gasteiger partial charge is 0.221 e. The monoisotopic (exact) mass is 261 g/mol. The zero-order valence-corrected chi connectivity index (χ0v) is 9.06. The molecule has 0 unspecified atom stereocenters. The van der Waals surface area contributed by atoms with Gasteiger partial charge in [-0.2, -0.15) is 0 Å². The Morgan fingerprint density at radius 3 is 2.79 bits per heavy atom. The van der Waals surface area contributed by atoms with E-state index in [0.29, 0.717) is 4.47 Å². The maximum Gasteiger partial charge on any atom is 0.221 e. The molecular weight excluding hydrogens is 253 g/mol. The van der Waals surface area contributed by atoms with Gasteiger partial charge in [-0.15, -0.1) is 0 Å². The molecule has 1 aromatic rings. The van der Waals surface area contributed by atoms with E-state index in [1.54, 1.807) is 6.07 Å². The molecule has 0 spiro atoms. The second-order valence-corrected chi connectivity index (χ2v) is 3.58. The Labute approximate surface area is 89.1 Å². The minimum Gasteiger partial charge on any atom is -0.392 e. The van der Waals surface area contributed by atoms with Crippen LogP contribution in [0.5, 0.6) is 0 Å². The van der Waals surface area contributed by atoms with Crippen molar-refractivity contribution in [2.24, 2.45) is 0 Å². The third-order valence-corrected chi connectivity index (χ3v) is 2.40. The number of hydrogen-bond donors (Lipinski definition) is 2. The van der Waals surface area contributed by atoms with Gasteiger partial charge in [0.2, 0.25) is 5.91 Å². The Morgan fingerprint density at radius 1 is 1.64 bits per heavy atom. The molecule has 0 atom stereocenters. The van der Waals surface area contributed by atoms with Crippen LogP contribution in [0.15, 0.2) is 16.6 Å². The molecule has 3 nitrogen and oxygen atoms in total. The van der Waals surface area contributed by atoms with Crippen LogP contribution in [-0.4, -0.2) is 11.0 Å². The van der Waals surface area contributed by atoms with Crippen LogP contribution >= 0.6 is 15.9 Å². The molecule has 0 aromatic heterocycles. The molecule has 0 aliphatic rings. The van der Waals surface area contributed by atoms with E-state index in [4.69, 9.17) is 5.11 Å². The van der Waals surface area contributed by atoms with Gasteiger partial charge >= 0.3 is 0 Å². The number of carbonyl (C=O) groups is 1. The van der Waals surface area contributed by atoms with E-state index < -0.39 is 12.4 Å². The van der Waals surface area contributed by atoms with Gasteiger partial charge in [0.15, 0.2) is 5.82 Å². The topological polar surface area (TPSA) is 49.3 Å². The first-order valence-electron chi connectivity index (χ1n) is 3.91. The summed E-state index contributed by atoms with van der Waals surface area (Å²) in [6, 6.07) is 3.00. The van der Waals surface area contributed by atoms with Gasteiger partial charge in [-0.25, -0.2) is 4.39 Å². The summed E-state index contributed by atoms with van der Waals surface area (Å²) in [7, 11) is 0. The highest BCUT2D eigenvalue weighted by Gasteiger charge is 2.11. The van der Waals surface area contributed by atoms with E-state index in [-0.39, 0.29) is 17.2 Å². The standard InChI is InChI=1S/C9H9BrFNO2/c1-5(14)12-8-3-2-7(10)6(4-13)9(8)11/h2-3,13H,4H2,1H3,(H,12,14). The van der Waals surface area contributed by atoms with Crippen molar-refractivity contribution in [3.63, 3.8) is 0 Å². The summed E-state index contributed by atoms with van der Waals surface area (Å²) < 4.78 is 14.0. The number of benzene rings is 1. The number of aliphatic hydroxyl groups excluding tert-OH is 1. The van der Waals surface area contributed by atoms with Crippen molar-refractivity contribution in [2.45, 2.75) is 13.5 Å². The van der Waals surface area contributed by atoms with Gasteiger partial charge in [0.05, 0.1) is 12.3 Å². The third kappa shape index (κ3) is 2.30. The van der Waals surface area contributed by atoms with Crippen molar-refractivity contribution in [2.75, 3.05) is 5.32 Å². The van der Waals surface area contributed by atoms with Gasteiger partial charge in [-0.1, -0.05) is 15.9 Å². The zero-order chi connectivity index (χ0) is 10.7. The summed E-state index contributed by atoms with van der Waals surface area (Å²) >= 11 is 3.09. The average molecular weight is 262 g/mol. The predicted molar refractivity (Wildman–Crippen MR) is 54.3 cm³/mol. The molecular formula is C9H9BrFNO2. The second-order valence-electron chi connectivity index (χ2n) is 2.73. The number of nitrogens with one attached hydrogen (secondary N) is 1. The number of hydrogen-bond acceptors (Lipinski definition) is 2. The first-order chi connectivity index (χ1) is 6.56. The fourth-order valence-corrected chi connectivity index (χ4v) is 1.46. The Bertz CT molecular complexity index is 368. The first kappa shape index (κ1) is 11.1. The number of carbonyl (C=O) groups excluding carboxylic acids is 1. The van der Waals surface area contributed by atoms with Crippen LogP contribution in [0.4, 0.5) is 10.1 Å². The maximum atomic E-state index is 13.5. The summed E-state index contributed by atoms with van der Waals surface area (Å²) in [5, 5.41) is 11.2. The number of amides is 1. The molecule has 0 saturated heterocycles. The van der Waals surface area contributed by atoms with Crippen molar-refractivity contribution in [3.8, 4) is 0 Å². The van der Waals surface area contributed by atoms with Crippen molar-refractivity contribution in [1.29, 1.82) is 0 Å². The summed E-state index contributed by atoms with van der Waals surface area (Å²) in [4.78, 5) is 10.7. The van der Waals surface area contributed by atoms with Gasteiger partial charge in [0.25, 0.3) is 0 Å². The van der Waals surface area contributed by atoms with Crippen LogP contribution in [0.2, 0.25) is 0 Å². The highest BCUT2D eigenvalue weighted by molar-refractivity contribution is 9.10. The number of rotatable bonds is 2. The Balaban J connectivity index is 3.14. The molecule has 76 valence electrons. The van der Waals surface area contributed by atoms with E-state index in [1.165, 1.54) is 13.0 Å². The quantitative estimate of drug-likeness (QED) is 0.856.